The molecule has 0 N–H and O–H groups in total. The maximum atomic E-state index is 11.6. The van der Waals surface area contributed by atoms with Gasteiger partial charge in [0.15, 0.2) is 6.61 Å². The molecule has 2 aromatic rings. The summed E-state index contributed by atoms with van der Waals surface area (Å²) in [6.07, 6.45) is 0. The van der Waals surface area contributed by atoms with Crippen LogP contribution < -0.4 is 9.47 Å². The third kappa shape index (κ3) is 3.85. The number of esters is 1. The molecule has 0 aliphatic rings. The van der Waals surface area contributed by atoms with Gasteiger partial charge in [-0.25, -0.2) is 4.79 Å². The number of aryl methyl sites for hydroxylation is 2. The molecule has 0 spiro atoms. The minimum atomic E-state index is -0.410. The quantitative estimate of drug-likeness (QED) is 0.622. The fraction of sp³-hybridized carbons (Fsp3) is 0.188. The van der Waals surface area contributed by atoms with E-state index in [2.05, 4.69) is 0 Å². The molecule has 0 saturated carbocycles. The van der Waals surface area contributed by atoms with Gasteiger partial charge in [-0.1, -0.05) is 30.3 Å². The van der Waals surface area contributed by atoms with Crippen molar-refractivity contribution in [2.24, 2.45) is 0 Å². The second-order valence-electron chi connectivity index (χ2n) is 4.34. The maximum Gasteiger partial charge on any atom is 0.349 e. The molecule has 0 heterocycles. The molecule has 19 heavy (non-hydrogen) atoms. The third-order valence-electron chi connectivity index (χ3n) is 2.66. The molecular weight excluding hydrogens is 240 g/mol. The predicted octanol–water partition coefficient (Wildman–Crippen LogP) is 3.29. The van der Waals surface area contributed by atoms with Gasteiger partial charge in [0.2, 0.25) is 0 Å². The highest BCUT2D eigenvalue weighted by Crippen LogP contribution is 2.19. The zero-order valence-electron chi connectivity index (χ0n) is 11.1. The number of benzene rings is 2. The number of carbonyl (C=O) groups is 1. The van der Waals surface area contributed by atoms with Crippen LogP contribution in [0.5, 0.6) is 11.5 Å². The third-order valence-corrected chi connectivity index (χ3v) is 2.66. The number of hydrogen-bond donors (Lipinski definition) is 0. The summed E-state index contributed by atoms with van der Waals surface area (Å²) in [5, 5.41) is 0. The first-order chi connectivity index (χ1) is 9.15. The standard InChI is InChI=1S/C16H16O3/c1-12-8-9-13(2)15(10-12)18-11-16(17)19-14-6-4-3-5-7-14/h3-10H,11H2,1-2H3. The predicted molar refractivity (Wildman–Crippen MR) is 73.5 cm³/mol. The Morgan fingerprint density at radius 2 is 1.79 bits per heavy atom. The Hall–Kier alpha value is -2.29. The summed E-state index contributed by atoms with van der Waals surface area (Å²) >= 11 is 0. The van der Waals surface area contributed by atoms with Crippen LogP contribution in [0.3, 0.4) is 0 Å². The highest BCUT2D eigenvalue weighted by atomic mass is 16.6. The monoisotopic (exact) mass is 256 g/mol. The second kappa shape index (κ2) is 6.05. The van der Waals surface area contributed by atoms with Crippen molar-refractivity contribution in [2.45, 2.75) is 13.8 Å². The highest BCUT2D eigenvalue weighted by Gasteiger charge is 2.07. The number of ether oxygens (including phenoxy) is 2. The van der Waals surface area contributed by atoms with Crippen LogP contribution in [0.1, 0.15) is 11.1 Å². The van der Waals surface area contributed by atoms with Crippen LogP contribution in [-0.2, 0) is 4.79 Å². The van der Waals surface area contributed by atoms with Crippen LogP contribution in [0.25, 0.3) is 0 Å². The first-order valence-corrected chi connectivity index (χ1v) is 6.11. The molecular formula is C16H16O3. The number of rotatable bonds is 4. The molecule has 3 nitrogen and oxygen atoms in total. The largest absolute Gasteiger partial charge is 0.482 e. The van der Waals surface area contributed by atoms with E-state index >= 15 is 0 Å². The minimum Gasteiger partial charge on any atom is -0.482 e. The van der Waals surface area contributed by atoms with Crippen LogP contribution >= 0.6 is 0 Å². The Balaban J connectivity index is 1.92. The molecule has 0 bridgehead atoms. The molecule has 3 heteroatoms. The van der Waals surface area contributed by atoms with E-state index in [1.165, 1.54) is 0 Å². The van der Waals surface area contributed by atoms with E-state index in [4.69, 9.17) is 9.47 Å². The normalized spacial score (nSPS) is 10.0. The molecule has 0 aliphatic carbocycles. The van der Waals surface area contributed by atoms with Crippen LogP contribution in [-0.4, -0.2) is 12.6 Å². The maximum absolute atomic E-state index is 11.6. The zero-order chi connectivity index (χ0) is 13.7. The molecule has 0 saturated heterocycles. The lowest BCUT2D eigenvalue weighted by Gasteiger charge is -2.09. The van der Waals surface area contributed by atoms with E-state index in [1.54, 1.807) is 12.1 Å². The summed E-state index contributed by atoms with van der Waals surface area (Å²) < 4.78 is 10.6. The van der Waals surface area contributed by atoms with Gasteiger partial charge < -0.3 is 9.47 Å². The van der Waals surface area contributed by atoms with Gasteiger partial charge in [0, 0.05) is 0 Å². The fourth-order valence-electron chi connectivity index (χ4n) is 1.65. The lowest BCUT2D eigenvalue weighted by atomic mass is 10.1. The summed E-state index contributed by atoms with van der Waals surface area (Å²) in [6, 6.07) is 14.8. The Morgan fingerprint density at radius 3 is 2.53 bits per heavy atom. The first-order valence-electron chi connectivity index (χ1n) is 6.11. The summed E-state index contributed by atoms with van der Waals surface area (Å²) in [4.78, 5) is 11.6. The van der Waals surface area contributed by atoms with Crippen molar-refractivity contribution < 1.29 is 14.3 Å². The van der Waals surface area contributed by atoms with Gasteiger partial charge in [-0.15, -0.1) is 0 Å². The second-order valence-corrected chi connectivity index (χ2v) is 4.34. The molecule has 2 aromatic carbocycles. The van der Waals surface area contributed by atoms with Crippen LogP contribution in [0.4, 0.5) is 0 Å². The minimum absolute atomic E-state index is 0.0980. The fourth-order valence-corrected chi connectivity index (χ4v) is 1.65. The average molecular weight is 256 g/mol. The van der Waals surface area contributed by atoms with Gasteiger partial charge in [-0.05, 0) is 43.2 Å². The first kappa shape index (κ1) is 13.1. The van der Waals surface area contributed by atoms with Crippen LogP contribution in [0.15, 0.2) is 48.5 Å². The van der Waals surface area contributed by atoms with Crippen molar-refractivity contribution in [1.29, 1.82) is 0 Å². The topological polar surface area (TPSA) is 35.5 Å². The molecule has 0 amide bonds. The number of para-hydroxylation sites is 1. The molecule has 0 aromatic heterocycles. The lowest BCUT2D eigenvalue weighted by molar-refractivity contribution is -0.136. The van der Waals surface area contributed by atoms with Gasteiger partial charge in [0.1, 0.15) is 11.5 Å². The summed E-state index contributed by atoms with van der Waals surface area (Å²) in [5.41, 5.74) is 2.09. The van der Waals surface area contributed by atoms with E-state index in [0.717, 1.165) is 11.1 Å². The van der Waals surface area contributed by atoms with Gasteiger partial charge in [-0.2, -0.15) is 0 Å². The molecule has 2 rings (SSSR count). The van der Waals surface area contributed by atoms with Crippen molar-refractivity contribution in [3.05, 3.63) is 59.7 Å². The van der Waals surface area contributed by atoms with E-state index in [-0.39, 0.29) is 6.61 Å². The van der Waals surface area contributed by atoms with Gasteiger partial charge in [0.25, 0.3) is 0 Å². The molecule has 0 unspecified atom stereocenters. The highest BCUT2D eigenvalue weighted by molar-refractivity contribution is 5.74. The van der Waals surface area contributed by atoms with Gasteiger partial charge >= 0.3 is 5.97 Å². The van der Waals surface area contributed by atoms with Crippen molar-refractivity contribution in [3.63, 3.8) is 0 Å². The molecule has 0 radical (unpaired) electrons. The van der Waals surface area contributed by atoms with E-state index in [0.29, 0.717) is 11.5 Å². The SMILES string of the molecule is Cc1ccc(C)c(OCC(=O)Oc2ccccc2)c1. The van der Waals surface area contributed by atoms with E-state index in [9.17, 15) is 4.79 Å². The van der Waals surface area contributed by atoms with Crippen LogP contribution in [0, 0.1) is 13.8 Å². The summed E-state index contributed by atoms with van der Waals surface area (Å²) in [6.45, 7) is 3.82. The van der Waals surface area contributed by atoms with E-state index in [1.807, 2.05) is 50.2 Å². The molecule has 0 aliphatic heterocycles. The van der Waals surface area contributed by atoms with Crippen LogP contribution in [0.2, 0.25) is 0 Å². The van der Waals surface area contributed by atoms with Gasteiger partial charge in [-0.3, -0.25) is 0 Å². The zero-order valence-corrected chi connectivity index (χ0v) is 11.1. The lowest BCUT2D eigenvalue weighted by Crippen LogP contribution is -2.18. The summed E-state index contributed by atoms with van der Waals surface area (Å²) in [5.74, 6) is 0.828. The Bertz CT molecular complexity index is 561. The van der Waals surface area contributed by atoms with E-state index < -0.39 is 5.97 Å². The van der Waals surface area contributed by atoms with Crippen molar-refractivity contribution in [1.82, 2.24) is 0 Å². The number of hydrogen-bond acceptors (Lipinski definition) is 3. The van der Waals surface area contributed by atoms with Crippen molar-refractivity contribution in [2.75, 3.05) is 6.61 Å². The Kier molecular flexibility index (Phi) is 4.18. The molecule has 98 valence electrons. The van der Waals surface area contributed by atoms with Crippen molar-refractivity contribution >= 4 is 5.97 Å². The van der Waals surface area contributed by atoms with Crippen molar-refractivity contribution in [3.8, 4) is 11.5 Å². The average Bonchev–Trinajstić information content (AvgIpc) is 2.41. The number of carbonyl (C=O) groups excluding carboxylic acids is 1. The smallest absolute Gasteiger partial charge is 0.349 e. The summed E-state index contributed by atoms with van der Waals surface area (Å²) in [7, 11) is 0. The Morgan fingerprint density at radius 1 is 1.05 bits per heavy atom. The molecule has 0 fully saturated rings. The molecule has 0 atom stereocenters. The van der Waals surface area contributed by atoms with Gasteiger partial charge in [0.05, 0.1) is 0 Å². The Labute approximate surface area is 112 Å².